The fourth-order valence-electron chi connectivity index (χ4n) is 1.69. The van der Waals surface area contributed by atoms with E-state index in [1.165, 1.54) is 0 Å². The van der Waals surface area contributed by atoms with Crippen LogP contribution in [0.5, 0.6) is 0 Å². The Labute approximate surface area is 88.9 Å². The van der Waals surface area contributed by atoms with Crippen LogP contribution in [0.1, 0.15) is 26.2 Å². The van der Waals surface area contributed by atoms with Crippen molar-refractivity contribution in [2.24, 2.45) is 10.9 Å². The summed E-state index contributed by atoms with van der Waals surface area (Å²) in [6, 6.07) is 0.421. The molecular weight excluding hydrogens is 196 g/mol. The molecule has 0 aliphatic carbocycles. The molecular formula is C9H18N4O2. The van der Waals surface area contributed by atoms with E-state index in [0.717, 1.165) is 6.42 Å². The molecule has 2 atom stereocenters. The number of nitrogens with zero attached hydrogens (tertiary/aromatic N) is 1. The normalized spacial score (nSPS) is 24.7. The molecule has 1 heterocycles. The number of hydrogen-bond donors (Lipinski definition) is 4. The van der Waals surface area contributed by atoms with Gasteiger partial charge in [-0.25, -0.2) is 0 Å². The van der Waals surface area contributed by atoms with Crippen LogP contribution in [0.4, 0.5) is 0 Å². The van der Waals surface area contributed by atoms with Crippen molar-refractivity contribution < 1.29 is 10.0 Å². The largest absolute Gasteiger partial charge is 0.409 e. The van der Waals surface area contributed by atoms with Gasteiger partial charge in [-0.1, -0.05) is 5.16 Å². The Balaban J connectivity index is 2.26. The molecule has 0 aromatic rings. The van der Waals surface area contributed by atoms with Crippen molar-refractivity contribution in [3.8, 4) is 0 Å². The minimum atomic E-state index is 0.108. The molecule has 0 spiro atoms. The van der Waals surface area contributed by atoms with E-state index in [2.05, 4.69) is 15.8 Å². The number of carbonyl (C=O) groups excluding carboxylic acids is 1. The van der Waals surface area contributed by atoms with Gasteiger partial charge in [-0.3, -0.25) is 4.79 Å². The van der Waals surface area contributed by atoms with E-state index in [9.17, 15) is 4.79 Å². The Hall–Kier alpha value is -1.30. The number of carbonyl (C=O) groups is 1. The molecule has 6 nitrogen and oxygen atoms in total. The molecule has 1 amide bonds. The molecule has 0 aromatic carbocycles. The van der Waals surface area contributed by atoms with Crippen molar-refractivity contribution in [2.75, 3.05) is 6.54 Å². The monoisotopic (exact) mass is 214 g/mol. The van der Waals surface area contributed by atoms with Gasteiger partial charge in [-0.15, -0.1) is 0 Å². The molecule has 0 aromatic heterocycles. The van der Waals surface area contributed by atoms with E-state index in [0.29, 0.717) is 19.4 Å². The molecule has 5 N–H and O–H groups in total. The SMILES string of the molecule is CC(CC(N)=NO)NC1CCC(=O)NC1. The number of piperidine rings is 1. The number of amides is 1. The molecule has 86 valence electrons. The Morgan fingerprint density at radius 2 is 2.60 bits per heavy atom. The van der Waals surface area contributed by atoms with E-state index in [1.807, 2.05) is 6.92 Å². The highest BCUT2D eigenvalue weighted by atomic mass is 16.4. The molecule has 1 fully saturated rings. The Bertz CT molecular complexity index is 244. The highest BCUT2D eigenvalue weighted by molar-refractivity contribution is 5.80. The second-order valence-corrected chi connectivity index (χ2v) is 3.90. The number of nitrogens with one attached hydrogen (secondary N) is 2. The van der Waals surface area contributed by atoms with Crippen molar-refractivity contribution in [1.82, 2.24) is 10.6 Å². The van der Waals surface area contributed by atoms with Crippen LogP contribution in [0.2, 0.25) is 0 Å². The maximum atomic E-state index is 10.9. The van der Waals surface area contributed by atoms with Gasteiger partial charge in [0, 0.05) is 31.5 Å². The van der Waals surface area contributed by atoms with Crippen LogP contribution in [0.3, 0.4) is 0 Å². The van der Waals surface area contributed by atoms with E-state index in [1.54, 1.807) is 0 Å². The summed E-state index contributed by atoms with van der Waals surface area (Å²) in [6.07, 6.45) is 1.90. The van der Waals surface area contributed by atoms with E-state index < -0.39 is 0 Å². The summed E-state index contributed by atoms with van der Waals surface area (Å²) in [5, 5.41) is 17.4. The minimum absolute atomic E-state index is 0.108. The molecule has 1 saturated heterocycles. The summed E-state index contributed by atoms with van der Waals surface area (Å²) in [5.41, 5.74) is 5.39. The Kier molecular flexibility index (Phi) is 4.36. The zero-order valence-corrected chi connectivity index (χ0v) is 8.86. The lowest BCUT2D eigenvalue weighted by Crippen LogP contribution is -2.49. The van der Waals surface area contributed by atoms with Crippen molar-refractivity contribution in [1.29, 1.82) is 0 Å². The highest BCUT2D eigenvalue weighted by Gasteiger charge is 2.19. The van der Waals surface area contributed by atoms with E-state index in [4.69, 9.17) is 10.9 Å². The second kappa shape index (κ2) is 5.55. The van der Waals surface area contributed by atoms with Crippen LogP contribution in [-0.4, -0.2) is 35.6 Å². The molecule has 15 heavy (non-hydrogen) atoms. The lowest BCUT2D eigenvalue weighted by molar-refractivity contribution is -0.122. The van der Waals surface area contributed by atoms with E-state index >= 15 is 0 Å². The highest BCUT2D eigenvalue weighted by Crippen LogP contribution is 2.04. The first-order valence-electron chi connectivity index (χ1n) is 5.11. The average Bonchev–Trinajstić information content (AvgIpc) is 2.21. The second-order valence-electron chi connectivity index (χ2n) is 3.90. The van der Waals surface area contributed by atoms with Gasteiger partial charge in [0.1, 0.15) is 5.84 Å². The predicted octanol–water partition coefficient (Wildman–Crippen LogP) is -0.620. The first kappa shape index (κ1) is 11.8. The topological polar surface area (TPSA) is 99.7 Å². The molecule has 0 saturated carbocycles. The summed E-state index contributed by atoms with van der Waals surface area (Å²) in [6.45, 7) is 2.62. The maximum Gasteiger partial charge on any atom is 0.220 e. The standard InChI is InChI=1S/C9H18N4O2/c1-6(4-8(10)13-15)12-7-2-3-9(14)11-5-7/h6-7,12,15H,2-5H2,1H3,(H2,10,13)(H,11,14). The fourth-order valence-corrected chi connectivity index (χ4v) is 1.69. The van der Waals surface area contributed by atoms with Gasteiger partial charge < -0.3 is 21.6 Å². The van der Waals surface area contributed by atoms with Gasteiger partial charge in [-0.2, -0.15) is 0 Å². The lowest BCUT2D eigenvalue weighted by Gasteiger charge is -2.26. The zero-order valence-electron chi connectivity index (χ0n) is 8.86. The van der Waals surface area contributed by atoms with Crippen LogP contribution in [0, 0.1) is 0 Å². The molecule has 6 heteroatoms. The summed E-state index contributed by atoms with van der Waals surface area (Å²) >= 11 is 0. The smallest absolute Gasteiger partial charge is 0.220 e. The Morgan fingerprint density at radius 1 is 1.87 bits per heavy atom. The summed E-state index contributed by atoms with van der Waals surface area (Å²) in [7, 11) is 0. The van der Waals surface area contributed by atoms with Crippen LogP contribution >= 0.6 is 0 Å². The van der Waals surface area contributed by atoms with Crippen LogP contribution in [0.15, 0.2) is 5.16 Å². The minimum Gasteiger partial charge on any atom is -0.409 e. The van der Waals surface area contributed by atoms with Gasteiger partial charge in [0.05, 0.1) is 0 Å². The first-order chi connectivity index (χ1) is 7.11. The molecule has 1 rings (SSSR count). The maximum absolute atomic E-state index is 10.9. The van der Waals surface area contributed by atoms with Crippen molar-refractivity contribution in [2.45, 2.75) is 38.3 Å². The summed E-state index contributed by atoms with van der Waals surface area (Å²) < 4.78 is 0. The van der Waals surface area contributed by atoms with Gasteiger partial charge in [0.15, 0.2) is 0 Å². The third-order valence-electron chi connectivity index (χ3n) is 2.43. The van der Waals surface area contributed by atoms with Crippen LogP contribution in [-0.2, 0) is 4.79 Å². The molecule has 1 aliphatic heterocycles. The quantitative estimate of drug-likeness (QED) is 0.217. The zero-order chi connectivity index (χ0) is 11.3. The third-order valence-corrected chi connectivity index (χ3v) is 2.43. The van der Waals surface area contributed by atoms with Crippen molar-refractivity contribution in [3.63, 3.8) is 0 Å². The van der Waals surface area contributed by atoms with Gasteiger partial charge in [0.2, 0.25) is 5.91 Å². The van der Waals surface area contributed by atoms with E-state index in [-0.39, 0.29) is 23.8 Å². The average molecular weight is 214 g/mol. The molecule has 1 aliphatic rings. The number of rotatable bonds is 4. The van der Waals surface area contributed by atoms with Gasteiger partial charge >= 0.3 is 0 Å². The molecule has 0 bridgehead atoms. The van der Waals surface area contributed by atoms with Gasteiger partial charge in [-0.05, 0) is 13.3 Å². The van der Waals surface area contributed by atoms with Crippen molar-refractivity contribution in [3.05, 3.63) is 0 Å². The summed E-state index contributed by atoms with van der Waals surface area (Å²) in [4.78, 5) is 10.9. The lowest BCUT2D eigenvalue weighted by atomic mass is 10.1. The molecule has 2 unspecified atom stereocenters. The molecule has 0 radical (unpaired) electrons. The number of amidine groups is 1. The van der Waals surface area contributed by atoms with Gasteiger partial charge in [0.25, 0.3) is 0 Å². The third kappa shape index (κ3) is 4.16. The Morgan fingerprint density at radius 3 is 3.13 bits per heavy atom. The van der Waals surface area contributed by atoms with Crippen molar-refractivity contribution >= 4 is 11.7 Å². The first-order valence-corrected chi connectivity index (χ1v) is 5.11. The predicted molar refractivity (Wildman–Crippen MR) is 56.7 cm³/mol. The van der Waals surface area contributed by atoms with Crippen LogP contribution in [0.25, 0.3) is 0 Å². The van der Waals surface area contributed by atoms with Crippen LogP contribution < -0.4 is 16.4 Å². The number of hydrogen-bond acceptors (Lipinski definition) is 4. The fraction of sp³-hybridized carbons (Fsp3) is 0.778. The number of oxime groups is 1. The number of nitrogens with two attached hydrogens (primary N) is 1. The summed E-state index contributed by atoms with van der Waals surface area (Å²) in [5.74, 6) is 0.326.